The fourth-order valence-corrected chi connectivity index (χ4v) is 12.6. The van der Waals surface area contributed by atoms with E-state index >= 15 is 4.79 Å². The van der Waals surface area contributed by atoms with Gasteiger partial charge in [0.05, 0.1) is 74.1 Å². The maximum atomic E-state index is 15.6. The number of aromatic nitrogens is 6. The van der Waals surface area contributed by atoms with Crippen LogP contribution in [0.5, 0.6) is 0 Å². The van der Waals surface area contributed by atoms with Crippen molar-refractivity contribution >= 4 is 38.7 Å². The lowest BCUT2D eigenvalue weighted by molar-refractivity contribution is -0.00878. The van der Waals surface area contributed by atoms with E-state index in [-0.39, 0.29) is 57.9 Å². The number of nitrogens with zero attached hydrogens (tertiary/aromatic N) is 5. The molecular weight excluding hydrogens is 893 g/mol. The van der Waals surface area contributed by atoms with Crippen LogP contribution in [0.3, 0.4) is 0 Å². The molecule has 11 rings (SSSR count). The Morgan fingerprint density at radius 2 is 1.27 bits per heavy atom. The van der Waals surface area contributed by atoms with Gasteiger partial charge in [-0.2, -0.15) is 10.2 Å². The number of carbonyl (C=O) groups excluding carboxylic acids is 1. The van der Waals surface area contributed by atoms with Gasteiger partial charge in [-0.1, -0.05) is 41.5 Å². The number of aryl methyl sites for hydroxylation is 2. The van der Waals surface area contributed by atoms with E-state index in [4.69, 9.17) is 15.0 Å². The van der Waals surface area contributed by atoms with Crippen LogP contribution in [0, 0.1) is 30.6 Å². The highest BCUT2D eigenvalue weighted by molar-refractivity contribution is 6.00. The minimum absolute atomic E-state index is 0.0463. The number of rotatable bonds is 11. The molecule has 14 heteroatoms. The van der Waals surface area contributed by atoms with E-state index in [2.05, 4.69) is 81.4 Å². The summed E-state index contributed by atoms with van der Waals surface area (Å²) in [6.45, 7) is 17.0. The molecule has 3 fully saturated rings. The van der Waals surface area contributed by atoms with Crippen LogP contribution >= 0.6 is 0 Å². The van der Waals surface area contributed by atoms with Gasteiger partial charge in [-0.3, -0.25) is 14.4 Å². The predicted molar refractivity (Wildman–Crippen MR) is 279 cm³/mol. The normalized spacial score (nSPS) is 24.0. The fourth-order valence-electron chi connectivity index (χ4n) is 12.6. The molecule has 4 heterocycles. The van der Waals surface area contributed by atoms with E-state index in [1.807, 2.05) is 35.3 Å². The van der Waals surface area contributed by atoms with Crippen molar-refractivity contribution in [2.45, 2.75) is 188 Å². The number of hydrogen-bond donors (Lipinski definition) is 5. The summed E-state index contributed by atoms with van der Waals surface area (Å²) in [4.78, 5) is 53.5. The molecule has 0 radical (unpaired) electrons. The van der Waals surface area contributed by atoms with Gasteiger partial charge in [0.1, 0.15) is 0 Å². The zero-order valence-electron chi connectivity index (χ0n) is 42.9. The first kappa shape index (κ1) is 47.6. The second-order valence-corrected chi connectivity index (χ2v) is 24.1. The molecule has 14 nitrogen and oxygen atoms in total. The number of benzene rings is 2. The van der Waals surface area contributed by atoms with E-state index < -0.39 is 6.10 Å². The molecular formula is C57H72N8O6. The highest BCUT2D eigenvalue weighted by Crippen LogP contribution is 2.46. The van der Waals surface area contributed by atoms with Crippen LogP contribution in [-0.2, 0) is 19.3 Å². The van der Waals surface area contributed by atoms with Crippen LogP contribution in [0.1, 0.15) is 181 Å². The summed E-state index contributed by atoms with van der Waals surface area (Å²) in [5.41, 5.74) is 9.18. The van der Waals surface area contributed by atoms with E-state index in [1.165, 1.54) is 0 Å². The van der Waals surface area contributed by atoms with Crippen LogP contribution in [0.15, 0.2) is 46.0 Å². The summed E-state index contributed by atoms with van der Waals surface area (Å²) in [7, 11) is 0. The summed E-state index contributed by atoms with van der Waals surface area (Å²) in [5, 5.41) is 41.4. The van der Waals surface area contributed by atoms with Crippen LogP contribution in [0.25, 0.3) is 32.9 Å². The number of aliphatic hydroxyl groups excluding tert-OH is 2. The van der Waals surface area contributed by atoms with Gasteiger partial charge >= 0.3 is 0 Å². The molecule has 5 aliphatic rings. The lowest BCUT2D eigenvalue weighted by Crippen LogP contribution is -2.38. The van der Waals surface area contributed by atoms with E-state index in [1.54, 1.807) is 4.73 Å². The van der Waals surface area contributed by atoms with Gasteiger partial charge in [0, 0.05) is 35.4 Å². The number of pyridine rings is 2. The molecule has 3 saturated carbocycles. The Morgan fingerprint density at radius 1 is 0.704 bits per heavy atom. The Bertz CT molecular complexity index is 3210. The molecule has 5 N–H and O–H groups in total. The van der Waals surface area contributed by atoms with E-state index in [0.717, 1.165) is 120 Å². The van der Waals surface area contributed by atoms with Gasteiger partial charge in [0.25, 0.3) is 11.1 Å². The molecule has 2 aromatic carbocycles. The van der Waals surface area contributed by atoms with Crippen LogP contribution in [0.2, 0.25) is 0 Å². The van der Waals surface area contributed by atoms with Gasteiger partial charge < -0.3 is 30.7 Å². The van der Waals surface area contributed by atoms with E-state index in [9.17, 15) is 19.8 Å². The summed E-state index contributed by atoms with van der Waals surface area (Å²) in [6.07, 6.45) is 10.1. The number of aromatic amines is 1. The first-order valence-electron chi connectivity index (χ1n) is 26.5. The van der Waals surface area contributed by atoms with Gasteiger partial charge in [-0.15, -0.1) is 4.73 Å². The SMILES string of the molecule is Cc1nn(-c2cc(N[C@H]3CC[C@H](O)CC3)c3c(=O)n(OC4CC(C)(C)Cc5c4c(C)nn5-c4cc(N[C@H]5CC[C@H](O)CC5)c5c(=O)[nH]c(C6CC6)cc5c4)c(CC(C)C)cc3c2)c2c1C(=O)CC(C)(C)C2. The third-order valence-corrected chi connectivity index (χ3v) is 16.2. The largest absolute Gasteiger partial charge is 0.402 e. The summed E-state index contributed by atoms with van der Waals surface area (Å²) < 4.78 is 5.54. The zero-order valence-corrected chi connectivity index (χ0v) is 42.9. The first-order valence-corrected chi connectivity index (χ1v) is 26.5. The molecule has 0 spiro atoms. The molecule has 1 atom stereocenters. The number of hydrogen-bond acceptors (Lipinski definition) is 10. The number of nitrogens with one attached hydrogen (secondary N) is 3. The Hall–Kier alpha value is -5.73. The fraction of sp³-hybridized carbons (Fsp3) is 0.561. The second kappa shape index (κ2) is 17.8. The van der Waals surface area contributed by atoms with Crippen LogP contribution in [-0.4, -0.2) is 69.6 Å². The van der Waals surface area contributed by atoms with Crippen molar-refractivity contribution < 1.29 is 19.8 Å². The molecule has 0 saturated heterocycles. The van der Waals surface area contributed by atoms with Crippen LogP contribution in [0.4, 0.5) is 11.4 Å². The van der Waals surface area contributed by atoms with Gasteiger partial charge in [0.2, 0.25) is 0 Å². The molecule has 0 bridgehead atoms. The van der Waals surface area contributed by atoms with Gasteiger partial charge in [-0.25, -0.2) is 9.36 Å². The number of carbonyl (C=O) groups is 1. The quantitative estimate of drug-likeness (QED) is 0.0839. The molecule has 0 aliphatic heterocycles. The Balaban J connectivity index is 1.03. The lowest BCUT2D eigenvalue weighted by atomic mass is 9.75. The van der Waals surface area contributed by atoms with Gasteiger partial charge in [0.15, 0.2) is 11.9 Å². The second-order valence-electron chi connectivity index (χ2n) is 24.1. The highest BCUT2D eigenvalue weighted by Gasteiger charge is 2.40. The number of anilines is 2. The maximum absolute atomic E-state index is 15.6. The van der Waals surface area contributed by atoms with Crippen molar-refractivity contribution in [3.63, 3.8) is 0 Å². The summed E-state index contributed by atoms with van der Waals surface area (Å²) in [5.74, 6) is 0.684. The highest BCUT2D eigenvalue weighted by atomic mass is 16.7. The number of Topliss-reactive ketones (excluding diaryl/α,β-unsaturated/α-hetero) is 1. The molecule has 71 heavy (non-hydrogen) atoms. The smallest absolute Gasteiger partial charge is 0.293 e. The average Bonchev–Trinajstić information content (AvgIpc) is 4.02. The average molecular weight is 965 g/mol. The number of fused-ring (bicyclic) bond motifs is 4. The molecule has 5 aliphatic carbocycles. The Labute approximate surface area is 415 Å². The zero-order chi connectivity index (χ0) is 49.8. The molecule has 0 amide bonds. The first-order chi connectivity index (χ1) is 33.8. The topological polar surface area (TPSA) is 181 Å². The number of aliphatic hydroxyl groups is 2. The lowest BCUT2D eigenvalue weighted by Gasteiger charge is -2.36. The van der Waals surface area contributed by atoms with Crippen LogP contribution < -0.4 is 26.6 Å². The number of H-pyrrole nitrogens is 1. The van der Waals surface area contributed by atoms with Gasteiger partial charge in [-0.05, 0) is 174 Å². The molecule has 376 valence electrons. The minimum atomic E-state index is -0.505. The molecule has 1 unspecified atom stereocenters. The van der Waals surface area contributed by atoms with Crippen molar-refractivity contribution in [3.05, 3.63) is 102 Å². The predicted octanol–water partition coefficient (Wildman–Crippen LogP) is 9.64. The van der Waals surface area contributed by atoms with E-state index in [0.29, 0.717) is 72.2 Å². The third-order valence-electron chi connectivity index (χ3n) is 16.2. The monoisotopic (exact) mass is 965 g/mol. The van der Waals surface area contributed by atoms with Crippen molar-refractivity contribution in [1.82, 2.24) is 29.3 Å². The standard InChI is InChI=1S/C57H72N8O6/c1-30(2)19-40-22-34-20-38(63-46-26-56(5,6)28-48(68)50(46)31(3)61-63)25-45(59-37-13-17-42(67)18-14-37)53(34)55(70)65(40)71-49-29-57(7,8)27-47-51(49)32(4)62-64(47)39-21-35-23-43(33-9-10-33)60-54(69)52(35)44(24-39)58-36-11-15-41(66)16-12-36/h20-25,30,33,36-37,41-42,49,58-59,66-67H,9-19,26-29H2,1-8H3,(H,60,69)/t36-,37-,41-,42-,49?. The third kappa shape index (κ3) is 9.12. The summed E-state index contributed by atoms with van der Waals surface area (Å²) in [6, 6.07) is 12.6. The van der Waals surface area contributed by atoms with Crippen molar-refractivity contribution in [2.75, 3.05) is 10.6 Å². The maximum Gasteiger partial charge on any atom is 0.293 e. The number of ketones is 1. The summed E-state index contributed by atoms with van der Waals surface area (Å²) >= 11 is 0. The molecule has 4 aromatic heterocycles. The molecule has 6 aromatic rings. The van der Waals surface area contributed by atoms with Crippen molar-refractivity contribution in [2.24, 2.45) is 16.7 Å². The van der Waals surface area contributed by atoms with Crippen molar-refractivity contribution in [3.8, 4) is 11.4 Å². The Morgan fingerprint density at radius 3 is 1.87 bits per heavy atom. The Kier molecular flexibility index (Phi) is 11.9. The minimum Gasteiger partial charge on any atom is -0.402 e. The van der Waals surface area contributed by atoms with Crippen molar-refractivity contribution in [1.29, 1.82) is 0 Å².